The molecule has 3 aromatic rings. The highest BCUT2D eigenvalue weighted by atomic mass is 79.9. The number of aromatic carboxylic acids is 1. The minimum Gasteiger partial charge on any atom is -0.476 e. The van der Waals surface area contributed by atoms with Crippen LogP contribution in [0.3, 0.4) is 0 Å². The van der Waals surface area contributed by atoms with Crippen molar-refractivity contribution in [2.24, 2.45) is 10.9 Å². The molecule has 220 valence electrons. The second-order valence-corrected chi connectivity index (χ2v) is 11.7. The summed E-state index contributed by atoms with van der Waals surface area (Å²) in [7, 11) is 3.48. The molecule has 1 aromatic carbocycles. The van der Waals surface area contributed by atoms with E-state index in [9.17, 15) is 19.1 Å². The van der Waals surface area contributed by atoms with Gasteiger partial charge in [0.15, 0.2) is 16.5 Å². The molecule has 2 aromatic heterocycles. The van der Waals surface area contributed by atoms with Crippen LogP contribution < -0.4 is 15.1 Å². The maximum Gasteiger partial charge on any atom is 0.356 e. The van der Waals surface area contributed by atoms with E-state index >= 15 is 0 Å². The second kappa shape index (κ2) is 12.5. The number of rotatable bonds is 8. The topological polar surface area (TPSA) is 133 Å². The molecule has 1 atom stereocenters. The van der Waals surface area contributed by atoms with E-state index in [0.717, 1.165) is 0 Å². The zero-order chi connectivity index (χ0) is 30.0. The Hall–Kier alpha value is -3.91. The number of thiazole rings is 1. The first-order valence-corrected chi connectivity index (χ1v) is 15.0. The van der Waals surface area contributed by atoms with Crippen LogP contribution in [0.2, 0.25) is 0 Å². The van der Waals surface area contributed by atoms with Gasteiger partial charge in [-0.1, -0.05) is 22.0 Å². The number of carboxylic acids is 1. The molecule has 42 heavy (non-hydrogen) atoms. The average molecular weight is 659 g/mol. The monoisotopic (exact) mass is 657 g/mol. The summed E-state index contributed by atoms with van der Waals surface area (Å²) in [5, 5.41) is 15.6. The van der Waals surface area contributed by atoms with Gasteiger partial charge in [0.1, 0.15) is 11.9 Å². The van der Waals surface area contributed by atoms with Gasteiger partial charge in [0, 0.05) is 54.8 Å². The maximum absolute atomic E-state index is 14.0. The van der Waals surface area contributed by atoms with Crippen molar-refractivity contribution in [3.63, 3.8) is 0 Å². The fourth-order valence-corrected chi connectivity index (χ4v) is 6.24. The number of nitrogens with zero attached hydrogens (tertiary/aromatic N) is 6. The lowest BCUT2D eigenvalue weighted by Crippen LogP contribution is -2.42. The van der Waals surface area contributed by atoms with Gasteiger partial charge in [-0.3, -0.25) is 4.99 Å². The van der Waals surface area contributed by atoms with Crippen molar-refractivity contribution in [2.75, 3.05) is 43.6 Å². The van der Waals surface area contributed by atoms with Crippen LogP contribution in [-0.2, 0) is 9.53 Å². The molecule has 0 aliphatic carbocycles. The molecule has 0 spiro atoms. The largest absolute Gasteiger partial charge is 0.476 e. The van der Waals surface area contributed by atoms with E-state index in [2.05, 4.69) is 36.2 Å². The molecule has 5 rings (SSSR count). The summed E-state index contributed by atoms with van der Waals surface area (Å²) >= 11 is 4.88. The Morgan fingerprint density at radius 1 is 1.26 bits per heavy atom. The van der Waals surface area contributed by atoms with Gasteiger partial charge in [-0.15, -0.1) is 11.3 Å². The minimum atomic E-state index is -1.13. The number of piperidine rings is 1. The van der Waals surface area contributed by atoms with Crippen molar-refractivity contribution in [1.82, 2.24) is 20.3 Å². The number of hydrogen-bond donors (Lipinski definition) is 2. The van der Waals surface area contributed by atoms with Crippen LogP contribution in [0.1, 0.15) is 46.9 Å². The number of halogens is 2. The Morgan fingerprint density at radius 3 is 2.64 bits per heavy atom. The standard InChI is InChI=1S/C28H29BrFN7O4S/c1-4-41-27(40)20-21(15-7-10-37(11-8-15)28-32-14-19(36(2)3)23(35-28)26(38)39)33-24(25-31-9-12-42-25)34-22(20)17-6-5-16(30)13-18(17)29/h5-6,9,12-15,22H,4,7-8,10-11H2,1-3H3,(H,33,34)(H,38,39). The molecule has 2 N–H and O–H groups in total. The Kier molecular flexibility index (Phi) is 8.82. The van der Waals surface area contributed by atoms with Crippen LogP contribution in [0.15, 0.2) is 56.7 Å². The summed E-state index contributed by atoms with van der Waals surface area (Å²) in [6, 6.07) is 3.55. The zero-order valence-corrected chi connectivity index (χ0v) is 25.6. The number of nitrogens with one attached hydrogen (secondary N) is 1. The number of carbonyl (C=O) groups is 2. The average Bonchev–Trinajstić information content (AvgIpc) is 3.52. The fraction of sp³-hybridized carbons (Fsp3) is 0.357. The number of amidine groups is 1. The quantitative estimate of drug-likeness (QED) is 0.335. The second-order valence-electron chi connectivity index (χ2n) is 9.92. The van der Waals surface area contributed by atoms with Gasteiger partial charge in [-0.25, -0.2) is 28.9 Å². The molecule has 1 fully saturated rings. The van der Waals surface area contributed by atoms with Crippen molar-refractivity contribution < 1.29 is 23.8 Å². The van der Waals surface area contributed by atoms with Crippen molar-refractivity contribution in [3.05, 3.63) is 73.8 Å². The Bertz CT molecular complexity index is 1560. The Morgan fingerprint density at radius 2 is 2.02 bits per heavy atom. The summed E-state index contributed by atoms with van der Waals surface area (Å²) in [6.07, 6.45) is 4.44. The third kappa shape index (κ3) is 6.00. The maximum atomic E-state index is 14.0. The molecular weight excluding hydrogens is 629 g/mol. The van der Waals surface area contributed by atoms with E-state index in [1.54, 1.807) is 38.2 Å². The van der Waals surface area contributed by atoms with Crippen molar-refractivity contribution in [3.8, 4) is 0 Å². The van der Waals surface area contributed by atoms with Gasteiger partial charge in [-0.2, -0.15) is 0 Å². The van der Waals surface area contributed by atoms with Crippen LogP contribution in [0, 0.1) is 11.7 Å². The van der Waals surface area contributed by atoms with Gasteiger partial charge in [0.05, 0.1) is 24.1 Å². The molecular formula is C28H29BrFN7O4S. The van der Waals surface area contributed by atoms with Crippen LogP contribution in [-0.4, -0.2) is 71.6 Å². The molecule has 14 heteroatoms. The molecule has 4 heterocycles. The van der Waals surface area contributed by atoms with Gasteiger partial charge in [-0.05, 0) is 37.5 Å². The molecule has 2 aliphatic rings. The number of allylic oxidation sites excluding steroid dienone is 1. The van der Waals surface area contributed by atoms with Crippen molar-refractivity contribution in [1.29, 1.82) is 0 Å². The highest BCUT2D eigenvalue weighted by Crippen LogP contribution is 2.40. The number of esters is 1. The van der Waals surface area contributed by atoms with E-state index in [4.69, 9.17) is 9.73 Å². The molecule has 0 amide bonds. The van der Waals surface area contributed by atoms with E-state index in [-0.39, 0.29) is 18.2 Å². The number of aliphatic imine (C=N–C) groups is 1. The summed E-state index contributed by atoms with van der Waals surface area (Å²) in [5.74, 6) is -1.27. The molecule has 0 radical (unpaired) electrons. The van der Waals surface area contributed by atoms with Crippen LogP contribution >= 0.6 is 27.3 Å². The number of anilines is 2. The molecule has 11 nitrogen and oxygen atoms in total. The number of carbonyl (C=O) groups excluding carboxylic acids is 1. The van der Waals surface area contributed by atoms with Gasteiger partial charge in [0.25, 0.3) is 0 Å². The fourth-order valence-electron chi connectivity index (χ4n) is 5.09. The number of benzene rings is 1. The molecule has 2 aliphatic heterocycles. The first-order chi connectivity index (χ1) is 20.2. The lowest BCUT2D eigenvalue weighted by Gasteiger charge is -2.36. The molecule has 1 unspecified atom stereocenters. The van der Waals surface area contributed by atoms with Crippen molar-refractivity contribution in [2.45, 2.75) is 25.8 Å². The summed E-state index contributed by atoms with van der Waals surface area (Å²) in [4.78, 5) is 47.0. The molecule has 1 saturated heterocycles. The predicted molar refractivity (Wildman–Crippen MR) is 161 cm³/mol. The van der Waals surface area contributed by atoms with Crippen molar-refractivity contribution >= 4 is 56.7 Å². The number of hydrogen-bond acceptors (Lipinski definition) is 11. The summed E-state index contributed by atoms with van der Waals surface area (Å²) in [6.45, 7) is 2.98. The minimum absolute atomic E-state index is 0.0644. The highest BCUT2D eigenvalue weighted by molar-refractivity contribution is 9.10. The Labute approximate surface area is 254 Å². The number of carboxylic acid groups (broad SMARTS) is 1. The van der Waals surface area contributed by atoms with Gasteiger partial charge in [0.2, 0.25) is 5.95 Å². The first-order valence-electron chi connectivity index (χ1n) is 13.3. The molecule has 0 saturated carbocycles. The van der Waals surface area contributed by atoms with E-state index in [1.807, 2.05) is 10.3 Å². The lowest BCUT2D eigenvalue weighted by atomic mass is 9.85. The zero-order valence-electron chi connectivity index (χ0n) is 23.2. The Balaban J connectivity index is 1.50. The molecule has 0 bridgehead atoms. The van der Waals surface area contributed by atoms with E-state index in [0.29, 0.717) is 69.7 Å². The van der Waals surface area contributed by atoms with Crippen LogP contribution in [0.25, 0.3) is 0 Å². The van der Waals surface area contributed by atoms with Gasteiger partial charge < -0.3 is 25.0 Å². The predicted octanol–water partition coefficient (Wildman–Crippen LogP) is 4.42. The number of aromatic nitrogens is 3. The first kappa shape index (κ1) is 29.6. The third-order valence-electron chi connectivity index (χ3n) is 7.09. The van der Waals surface area contributed by atoms with Gasteiger partial charge >= 0.3 is 11.9 Å². The van der Waals surface area contributed by atoms with Crippen LogP contribution in [0.4, 0.5) is 16.0 Å². The SMILES string of the molecule is CCOC(=O)C1=C(C2CCN(c3ncc(N(C)C)c(C(=O)O)n3)CC2)NC(c2nccs2)=NC1c1ccc(F)cc1Br. The smallest absolute Gasteiger partial charge is 0.356 e. The summed E-state index contributed by atoms with van der Waals surface area (Å²) in [5.41, 5.74) is 2.03. The van der Waals surface area contributed by atoms with Crippen LogP contribution in [0.5, 0.6) is 0 Å². The normalized spacial score (nSPS) is 17.5. The summed E-state index contributed by atoms with van der Waals surface area (Å²) < 4.78 is 20.0. The van der Waals surface area contributed by atoms with E-state index in [1.165, 1.54) is 29.7 Å². The van der Waals surface area contributed by atoms with E-state index < -0.39 is 23.8 Å². The third-order valence-corrected chi connectivity index (χ3v) is 8.56. The highest BCUT2D eigenvalue weighted by Gasteiger charge is 2.38. The number of ether oxygens (including phenoxy) is 1. The lowest BCUT2D eigenvalue weighted by molar-refractivity contribution is -0.139.